The third kappa shape index (κ3) is 3.34. The van der Waals surface area contributed by atoms with Gasteiger partial charge < -0.3 is 11.1 Å². The summed E-state index contributed by atoms with van der Waals surface area (Å²) in [6.07, 6.45) is 3.13. The smallest absolute Gasteiger partial charge is 0.269 e. The first-order valence-corrected chi connectivity index (χ1v) is 7.60. The second-order valence-electron chi connectivity index (χ2n) is 5.68. The topological polar surface area (TPSA) is 68.0 Å². The van der Waals surface area contributed by atoms with Gasteiger partial charge in [-0.3, -0.25) is 4.79 Å². The first kappa shape index (κ1) is 14.3. The molecule has 2 unspecified atom stereocenters. The van der Waals surface area contributed by atoms with Crippen LogP contribution in [-0.2, 0) is 0 Å². The lowest BCUT2D eigenvalue weighted by Gasteiger charge is -2.11. The summed E-state index contributed by atoms with van der Waals surface area (Å²) >= 11 is 5.94. The van der Waals surface area contributed by atoms with Gasteiger partial charge >= 0.3 is 0 Å². The normalized spacial score (nSPS) is 21.6. The lowest BCUT2D eigenvalue weighted by molar-refractivity contribution is 0.0942. The van der Waals surface area contributed by atoms with E-state index in [2.05, 4.69) is 10.3 Å². The minimum atomic E-state index is -0.132. The summed E-state index contributed by atoms with van der Waals surface area (Å²) in [6, 6.07) is 9.33. The Labute approximate surface area is 128 Å². The van der Waals surface area contributed by atoms with Crippen LogP contribution in [0.25, 0.3) is 10.9 Å². The molecule has 1 fully saturated rings. The number of benzene rings is 1. The van der Waals surface area contributed by atoms with E-state index in [9.17, 15) is 4.79 Å². The summed E-state index contributed by atoms with van der Waals surface area (Å²) in [4.78, 5) is 16.5. The fourth-order valence-corrected chi connectivity index (χ4v) is 3.03. The summed E-state index contributed by atoms with van der Waals surface area (Å²) in [5, 5.41) is 4.55. The van der Waals surface area contributed by atoms with Gasteiger partial charge in [0.05, 0.1) is 5.52 Å². The van der Waals surface area contributed by atoms with E-state index in [-0.39, 0.29) is 11.9 Å². The van der Waals surface area contributed by atoms with E-state index in [0.29, 0.717) is 23.2 Å². The predicted octanol–water partition coefficient (Wildman–Crippen LogP) is 2.75. The number of hydrogen-bond donors (Lipinski definition) is 2. The zero-order valence-corrected chi connectivity index (χ0v) is 12.4. The van der Waals surface area contributed by atoms with Gasteiger partial charge in [-0.2, -0.15) is 0 Å². The molecule has 0 saturated heterocycles. The number of carbonyl (C=O) groups is 1. The molecule has 1 aromatic heterocycles. The van der Waals surface area contributed by atoms with Crippen LogP contribution in [0.5, 0.6) is 0 Å². The first-order valence-electron chi connectivity index (χ1n) is 7.22. The summed E-state index contributed by atoms with van der Waals surface area (Å²) in [5.74, 6) is 0.357. The zero-order chi connectivity index (χ0) is 14.8. The molecule has 1 amide bonds. The summed E-state index contributed by atoms with van der Waals surface area (Å²) in [7, 11) is 0. The third-order valence-electron chi connectivity index (χ3n) is 4.02. The molecule has 110 valence electrons. The van der Waals surface area contributed by atoms with E-state index in [1.165, 1.54) is 0 Å². The van der Waals surface area contributed by atoms with Crippen molar-refractivity contribution in [3.63, 3.8) is 0 Å². The lowest BCUT2D eigenvalue weighted by atomic mass is 10.1. The molecule has 0 aliphatic heterocycles. The molecule has 21 heavy (non-hydrogen) atoms. The first-order chi connectivity index (χ1) is 10.1. The highest BCUT2D eigenvalue weighted by atomic mass is 35.5. The largest absolute Gasteiger partial charge is 0.350 e. The molecule has 1 saturated carbocycles. The Bertz CT molecular complexity index is 674. The average Bonchev–Trinajstić information content (AvgIpc) is 2.90. The summed E-state index contributed by atoms with van der Waals surface area (Å²) < 4.78 is 0. The number of halogens is 1. The average molecular weight is 304 g/mol. The number of amides is 1. The SMILES string of the molecule is NC1CCC(CNC(=O)c2ccc3cc(Cl)ccc3n2)C1. The molecule has 0 radical (unpaired) electrons. The Kier molecular flexibility index (Phi) is 4.08. The summed E-state index contributed by atoms with van der Waals surface area (Å²) in [6.45, 7) is 0.673. The van der Waals surface area contributed by atoms with Crippen molar-refractivity contribution in [2.24, 2.45) is 11.7 Å². The van der Waals surface area contributed by atoms with Gasteiger partial charge in [0.2, 0.25) is 0 Å². The Morgan fingerprint density at radius 1 is 1.33 bits per heavy atom. The fraction of sp³-hybridized carbons (Fsp3) is 0.375. The van der Waals surface area contributed by atoms with Crippen LogP contribution in [-0.4, -0.2) is 23.5 Å². The number of nitrogens with zero attached hydrogens (tertiary/aromatic N) is 1. The maximum atomic E-state index is 12.2. The number of aromatic nitrogens is 1. The van der Waals surface area contributed by atoms with E-state index >= 15 is 0 Å². The van der Waals surface area contributed by atoms with Crippen LogP contribution in [0.2, 0.25) is 5.02 Å². The molecule has 0 spiro atoms. The molecule has 1 heterocycles. The molecule has 4 nitrogen and oxygen atoms in total. The van der Waals surface area contributed by atoms with Crippen molar-refractivity contribution in [2.45, 2.75) is 25.3 Å². The van der Waals surface area contributed by atoms with E-state index in [0.717, 1.165) is 30.2 Å². The van der Waals surface area contributed by atoms with Gasteiger partial charge in [0.25, 0.3) is 5.91 Å². The van der Waals surface area contributed by atoms with Crippen molar-refractivity contribution in [1.29, 1.82) is 0 Å². The van der Waals surface area contributed by atoms with Gasteiger partial charge in [-0.05, 0) is 49.4 Å². The lowest BCUT2D eigenvalue weighted by Crippen LogP contribution is -2.29. The molecular formula is C16H18ClN3O. The number of nitrogens with one attached hydrogen (secondary N) is 1. The number of nitrogens with two attached hydrogens (primary N) is 1. The van der Waals surface area contributed by atoms with Crippen LogP contribution >= 0.6 is 11.6 Å². The molecule has 1 aliphatic rings. The van der Waals surface area contributed by atoms with Gasteiger partial charge in [0.1, 0.15) is 5.69 Å². The minimum absolute atomic E-state index is 0.132. The number of fused-ring (bicyclic) bond motifs is 1. The van der Waals surface area contributed by atoms with E-state index < -0.39 is 0 Å². The monoisotopic (exact) mass is 303 g/mol. The second kappa shape index (κ2) is 6.00. The molecule has 3 rings (SSSR count). The highest BCUT2D eigenvalue weighted by molar-refractivity contribution is 6.31. The zero-order valence-electron chi connectivity index (χ0n) is 11.7. The molecule has 3 N–H and O–H groups in total. The van der Waals surface area contributed by atoms with E-state index in [1.807, 2.05) is 18.2 Å². The highest BCUT2D eigenvalue weighted by Crippen LogP contribution is 2.23. The predicted molar refractivity (Wildman–Crippen MR) is 84.4 cm³/mol. The van der Waals surface area contributed by atoms with Gasteiger partial charge in [-0.1, -0.05) is 17.7 Å². The van der Waals surface area contributed by atoms with E-state index in [1.54, 1.807) is 12.1 Å². The van der Waals surface area contributed by atoms with Crippen LogP contribution in [0.1, 0.15) is 29.8 Å². The second-order valence-corrected chi connectivity index (χ2v) is 6.12. The van der Waals surface area contributed by atoms with Gasteiger partial charge in [-0.15, -0.1) is 0 Å². The van der Waals surface area contributed by atoms with Gasteiger partial charge in [-0.25, -0.2) is 4.98 Å². The van der Waals surface area contributed by atoms with Crippen LogP contribution in [0.4, 0.5) is 0 Å². The molecule has 1 aliphatic carbocycles. The Hall–Kier alpha value is -1.65. The molecular weight excluding hydrogens is 286 g/mol. The number of carbonyl (C=O) groups excluding carboxylic acids is 1. The van der Waals surface area contributed by atoms with Crippen LogP contribution in [0, 0.1) is 5.92 Å². The van der Waals surface area contributed by atoms with Gasteiger partial charge in [0, 0.05) is 23.0 Å². The maximum Gasteiger partial charge on any atom is 0.269 e. The van der Waals surface area contributed by atoms with Crippen LogP contribution in [0.15, 0.2) is 30.3 Å². The Morgan fingerprint density at radius 2 is 2.19 bits per heavy atom. The molecule has 0 bridgehead atoms. The molecule has 1 aromatic carbocycles. The Morgan fingerprint density at radius 3 is 2.95 bits per heavy atom. The van der Waals surface area contributed by atoms with Crippen molar-refractivity contribution in [3.8, 4) is 0 Å². The quantitative estimate of drug-likeness (QED) is 0.916. The number of hydrogen-bond acceptors (Lipinski definition) is 3. The van der Waals surface area contributed by atoms with Crippen molar-refractivity contribution in [3.05, 3.63) is 41.0 Å². The van der Waals surface area contributed by atoms with Gasteiger partial charge in [0.15, 0.2) is 0 Å². The maximum absolute atomic E-state index is 12.2. The standard InChI is InChI=1S/C16H18ClN3O/c17-12-3-6-14-11(8-12)2-5-15(20-14)16(21)19-9-10-1-4-13(18)7-10/h2-3,5-6,8,10,13H,1,4,7,9,18H2,(H,19,21). The van der Waals surface area contributed by atoms with E-state index in [4.69, 9.17) is 17.3 Å². The highest BCUT2D eigenvalue weighted by Gasteiger charge is 2.22. The number of rotatable bonds is 3. The molecule has 5 heteroatoms. The third-order valence-corrected chi connectivity index (χ3v) is 4.25. The molecule has 2 aromatic rings. The van der Waals surface area contributed by atoms with Crippen molar-refractivity contribution >= 4 is 28.4 Å². The Balaban J connectivity index is 1.68. The van der Waals surface area contributed by atoms with Crippen molar-refractivity contribution in [1.82, 2.24) is 10.3 Å². The van der Waals surface area contributed by atoms with Crippen molar-refractivity contribution < 1.29 is 4.79 Å². The fourth-order valence-electron chi connectivity index (χ4n) is 2.85. The summed E-state index contributed by atoms with van der Waals surface area (Å²) in [5.41, 5.74) is 7.09. The molecule has 2 atom stereocenters. The van der Waals surface area contributed by atoms with Crippen LogP contribution in [0.3, 0.4) is 0 Å². The number of pyridine rings is 1. The van der Waals surface area contributed by atoms with Crippen LogP contribution < -0.4 is 11.1 Å². The van der Waals surface area contributed by atoms with Crippen molar-refractivity contribution in [2.75, 3.05) is 6.54 Å². The minimum Gasteiger partial charge on any atom is -0.350 e.